The van der Waals surface area contributed by atoms with Crippen LogP contribution in [-0.2, 0) is 0 Å². The summed E-state index contributed by atoms with van der Waals surface area (Å²) >= 11 is 0. The van der Waals surface area contributed by atoms with Gasteiger partial charge in [-0.2, -0.15) is 5.10 Å². The van der Waals surface area contributed by atoms with E-state index < -0.39 is 0 Å². The second-order valence-electron chi connectivity index (χ2n) is 8.51. The van der Waals surface area contributed by atoms with Gasteiger partial charge in [0.1, 0.15) is 5.82 Å². The summed E-state index contributed by atoms with van der Waals surface area (Å²) in [6.07, 6.45) is 2.55. The second-order valence-corrected chi connectivity index (χ2v) is 8.51. The van der Waals surface area contributed by atoms with Crippen molar-refractivity contribution in [3.8, 4) is 0 Å². The first-order valence-corrected chi connectivity index (χ1v) is 10.4. The van der Waals surface area contributed by atoms with Crippen molar-refractivity contribution in [1.82, 2.24) is 30.0 Å². The molecular formula is C23H28N6O. The summed E-state index contributed by atoms with van der Waals surface area (Å²) in [7, 11) is 0. The number of aromatic nitrogens is 5. The lowest BCUT2D eigenvalue weighted by molar-refractivity contribution is 0.0929. The standard InChI is InChI=1S/C23H28N6O/c1-13(2)10-20(21-26-18-8-6-7-9-19(18)27-21)28-23(30)17-11-16-12-24-29(14(3)4)22(16)25-15(17)5/h6-9,11-14,20H,10H2,1-5H3,(H,26,27)(H,28,30). The van der Waals surface area contributed by atoms with Gasteiger partial charge in [-0.3, -0.25) is 4.79 Å². The van der Waals surface area contributed by atoms with E-state index >= 15 is 0 Å². The number of hydrogen-bond donors (Lipinski definition) is 2. The first-order chi connectivity index (χ1) is 14.3. The topological polar surface area (TPSA) is 88.5 Å². The van der Waals surface area contributed by atoms with Crippen molar-refractivity contribution in [3.05, 3.63) is 53.6 Å². The van der Waals surface area contributed by atoms with E-state index in [4.69, 9.17) is 4.98 Å². The summed E-state index contributed by atoms with van der Waals surface area (Å²) in [4.78, 5) is 26.0. The van der Waals surface area contributed by atoms with E-state index in [1.54, 1.807) is 6.20 Å². The molecular weight excluding hydrogens is 376 g/mol. The summed E-state index contributed by atoms with van der Waals surface area (Å²) in [6.45, 7) is 10.3. The third kappa shape index (κ3) is 3.79. The highest BCUT2D eigenvalue weighted by atomic mass is 16.1. The molecule has 0 fully saturated rings. The number of nitrogens with one attached hydrogen (secondary N) is 2. The summed E-state index contributed by atoms with van der Waals surface area (Å²) in [5.74, 6) is 1.03. The number of aryl methyl sites for hydroxylation is 1. The number of aromatic amines is 1. The Morgan fingerprint density at radius 2 is 1.93 bits per heavy atom. The maximum absolute atomic E-state index is 13.2. The number of imidazole rings is 1. The van der Waals surface area contributed by atoms with Crippen LogP contribution in [0.4, 0.5) is 0 Å². The van der Waals surface area contributed by atoms with E-state index in [1.807, 2.05) is 41.9 Å². The number of benzene rings is 1. The largest absolute Gasteiger partial charge is 0.342 e. The minimum absolute atomic E-state index is 0.148. The number of carbonyl (C=O) groups is 1. The molecule has 0 saturated carbocycles. The Bertz CT molecular complexity index is 1170. The molecule has 7 heteroatoms. The van der Waals surface area contributed by atoms with Gasteiger partial charge < -0.3 is 10.3 Å². The zero-order chi connectivity index (χ0) is 21.4. The van der Waals surface area contributed by atoms with Crippen LogP contribution in [0.15, 0.2) is 36.5 Å². The molecule has 0 spiro atoms. The van der Waals surface area contributed by atoms with E-state index in [9.17, 15) is 4.79 Å². The van der Waals surface area contributed by atoms with Gasteiger partial charge in [0.15, 0.2) is 5.65 Å². The quantitative estimate of drug-likeness (QED) is 0.487. The molecule has 2 N–H and O–H groups in total. The van der Waals surface area contributed by atoms with Crippen molar-refractivity contribution in [2.75, 3.05) is 0 Å². The van der Waals surface area contributed by atoms with Crippen LogP contribution in [0.3, 0.4) is 0 Å². The zero-order valence-corrected chi connectivity index (χ0v) is 18.1. The van der Waals surface area contributed by atoms with E-state index in [1.165, 1.54) is 0 Å². The third-order valence-corrected chi connectivity index (χ3v) is 5.24. The average Bonchev–Trinajstić information content (AvgIpc) is 3.30. The number of pyridine rings is 1. The normalized spacial score (nSPS) is 12.9. The number of fused-ring (bicyclic) bond motifs is 2. The SMILES string of the molecule is Cc1nc2c(cnn2C(C)C)cc1C(=O)NC(CC(C)C)c1nc2ccccc2[nH]1. The molecule has 1 aromatic carbocycles. The van der Waals surface area contributed by atoms with E-state index in [-0.39, 0.29) is 18.0 Å². The van der Waals surface area contributed by atoms with Crippen LogP contribution >= 0.6 is 0 Å². The zero-order valence-electron chi connectivity index (χ0n) is 18.1. The summed E-state index contributed by atoms with van der Waals surface area (Å²) < 4.78 is 1.87. The molecule has 1 amide bonds. The third-order valence-electron chi connectivity index (χ3n) is 5.24. The molecule has 3 heterocycles. The molecule has 30 heavy (non-hydrogen) atoms. The maximum atomic E-state index is 13.2. The van der Waals surface area contributed by atoms with Gasteiger partial charge in [-0.05, 0) is 51.3 Å². The second kappa shape index (κ2) is 7.89. The van der Waals surface area contributed by atoms with Crippen molar-refractivity contribution >= 4 is 28.0 Å². The molecule has 3 aromatic heterocycles. The lowest BCUT2D eigenvalue weighted by Gasteiger charge is -2.19. The summed E-state index contributed by atoms with van der Waals surface area (Å²) in [5, 5.41) is 8.46. The lowest BCUT2D eigenvalue weighted by Crippen LogP contribution is -2.31. The molecule has 0 aliphatic rings. The Morgan fingerprint density at radius 3 is 2.63 bits per heavy atom. The minimum Gasteiger partial charge on any atom is -0.342 e. The maximum Gasteiger partial charge on any atom is 0.253 e. The van der Waals surface area contributed by atoms with Crippen LogP contribution in [0, 0.1) is 12.8 Å². The van der Waals surface area contributed by atoms with Gasteiger partial charge in [0, 0.05) is 11.4 Å². The Morgan fingerprint density at radius 1 is 1.17 bits per heavy atom. The number of amides is 1. The van der Waals surface area contributed by atoms with Gasteiger partial charge in [-0.1, -0.05) is 26.0 Å². The fourth-order valence-corrected chi connectivity index (χ4v) is 3.76. The molecule has 1 atom stereocenters. The highest BCUT2D eigenvalue weighted by Gasteiger charge is 2.22. The number of nitrogens with zero attached hydrogens (tertiary/aromatic N) is 4. The minimum atomic E-state index is -0.210. The molecule has 7 nitrogen and oxygen atoms in total. The van der Waals surface area contributed by atoms with E-state index in [0.717, 1.165) is 34.3 Å². The summed E-state index contributed by atoms with van der Waals surface area (Å²) in [5.41, 5.74) is 3.92. The highest BCUT2D eigenvalue weighted by molar-refractivity contribution is 5.98. The molecule has 0 aliphatic carbocycles. The molecule has 4 rings (SSSR count). The predicted molar refractivity (Wildman–Crippen MR) is 118 cm³/mol. The van der Waals surface area contributed by atoms with Crippen molar-refractivity contribution in [2.45, 2.75) is 53.1 Å². The van der Waals surface area contributed by atoms with Crippen LogP contribution in [0.2, 0.25) is 0 Å². The molecule has 1 unspecified atom stereocenters. The first-order valence-electron chi connectivity index (χ1n) is 10.4. The number of carbonyl (C=O) groups excluding carboxylic acids is 1. The molecule has 4 aromatic rings. The number of hydrogen-bond acceptors (Lipinski definition) is 4. The van der Waals surface area contributed by atoms with Crippen molar-refractivity contribution in [2.24, 2.45) is 5.92 Å². The molecule has 0 bridgehead atoms. The van der Waals surface area contributed by atoms with Crippen molar-refractivity contribution in [3.63, 3.8) is 0 Å². The van der Waals surface area contributed by atoms with Crippen LogP contribution in [0.25, 0.3) is 22.1 Å². The molecule has 0 aliphatic heterocycles. The lowest BCUT2D eigenvalue weighted by atomic mass is 10.0. The number of rotatable bonds is 6. The fraction of sp³-hybridized carbons (Fsp3) is 0.391. The predicted octanol–water partition coefficient (Wildman–Crippen LogP) is 4.71. The Hall–Kier alpha value is -3.22. The Kier molecular flexibility index (Phi) is 5.28. The highest BCUT2D eigenvalue weighted by Crippen LogP contribution is 2.24. The van der Waals surface area contributed by atoms with Crippen molar-refractivity contribution in [1.29, 1.82) is 0 Å². The van der Waals surface area contributed by atoms with Gasteiger partial charge >= 0.3 is 0 Å². The van der Waals surface area contributed by atoms with Crippen LogP contribution in [0.1, 0.15) is 68.1 Å². The van der Waals surface area contributed by atoms with Crippen LogP contribution < -0.4 is 5.32 Å². The van der Waals surface area contributed by atoms with Crippen LogP contribution in [0.5, 0.6) is 0 Å². The Labute approximate surface area is 175 Å². The average molecular weight is 405 g/mol. The Balaban J connectivity index is 1.66. The number of para-hydroxylation sites is 2. The van der Waals surface area contributed by atoms with E-state index in [0.29, 0.717) is 17.2 Å². The van der Waals surface area contributed by atoms with Gasteiger partial charge in [0.05, 0.1) is 34.5 Å². The summed E-state index contributed by atoms with van der Waals surface area (Å²) in [6, 6.07) is 9.78. The molecule has 0 saturated heterocycles. The smallest absolute Gasteiger partial charge is 0.253 e. The first kappa shape index (κ1) is 20.1. The van der Waals surface area contributed by atoms with Crippen molar-refractivity contribution < 1.29 is 4.79 Å². The molecule has 0 radical (unpaired) electrons. The fourth-order valence-electron chi connectivity index (χ4n) is 3.76. The monoisotopic (exact) mass is 404 g/mol. The van der Waals surface area contributed by atoms with E-state index in [2.05, 4.69) is 48.1 Å². The van der Waals surface area contributed by atoms with Gasteiger partial charge in [-0.25, -0.2) is 14.6 Å². The number of H-pyrrole nitrogens is 1. The van der Waals surface area contributed by atoms with Crippen LogP contribution in [-0.4, -0.2) is 30.6 Å². The van der Waals surface area contributed by atoms with Gasteiger partial charge in [0.2, 0.25) is 0 Å². The van der Waals surface area contributed by atoms with Gasteiger partial charge in [0.25, 0.3) is 5.91 Å². The van der Waals surface area contributed by atoms with Gasteiger partial charge in [-0.15, -0.1) is 0 Å². The molecule has 156 valence electrons.